The van der Waals surface area contributed by atoms with Crippen LogP contribution in [0.3, 0.4) is 0 Å². The highest BCUT2D eigenvalue weighted by Crippen LogP contribution is 2.45. The van der Waals surface area contributed by atoms with Crippen molar-refractivity contribution in [1.29, 1.82) is 5.26 Å². The molecule has 100 valence electrons. The fourth-order valence-corrected chi connectivity index (χ4v) is 3.58. The van der Waals surface area contributed by atoms with E-state index in [1.807, 2.05) is 6.07 Å². The fraction of sp³-hybridized carbons (Fsp3) is 0.533. The van der Waals surface area contributed by atoms with Gasteiger partial charge in [0.15, 0.2) is 0 Å². The van der Waals surface area contributed by atoms with Crippen molar-refractivity contribution in [2.75, 3.05) is 7.05 Å². The van der Waals surface area contributed by atoms with Crippen LogP contribution in [0.2, 0.25) is 0 Å². The molecule has 1 aromatic rings. The monoisotopic (exact) mass is 260 g/mol. The summed E-state index contributed by atoms with van der Waals surface area (Å²) < 4.78 is 13.4. The van der Waals surface area contributed by atoms with Gasteiger partial charge in [-0.1, -0.05) is 6.07 Å². The van der Waals surface area contributed by atoms with E-state index >= 15 is 0 Å². The molecule has 1 N–H and O–H groups in total. The first-order chi connectivity index (χ1) is 9.03. The molecular formula is C15H17FN2O. The van der Waals surface area contributed by atoms with Crippen LogP contribution < -0.4 is 0 Å². The summed E-state index contributed by atoms with van der Waals surface area (Å²) in [5.41, 5.74) is -0.231. The van der Waals surface area contributed by atoms with E-state index in [1.165, 1.54) is 12.1 Å². The zero-order valence-electron chi connectivity index (χ0n) is 10.9. The number of rotatable bonds is 1. The third kappa shape index (κ3) is 1.94. The van der Waals surface area contributed by atoms with Crippen LogP contribution in [-0.2, 0) is 5.60 Å². The van der Waals surface area contributed by atoms with Crippen LogP contribution in [0.5, 0.6) is 0 Å². The molecule has 2 bridgehead atoms. The Morgan fingerprint density at radius 3 is 2.58 bits per heavy atom. The molecule has 0 aromatic heterocycles. The predicted octanol–water partition coefficient (Wildman–Crippen LogP) is 2.14. The largest absolute Gasteiger partial charge is 0.385 e. The van der Waals surface area contributed by atoms with Crippen LogP contribution in [0.1, 0.15) is 36.8 Å². The van der Waals surface area contributed by atoms with E-state index in [2.05, 4.69) is 11.9 Å². The summed E-state index contributed by atoms with van der Waals surface area (Å²) in [7, 11) is 2.10. The molecule has 19 heavy (non-hydrogen) atoms. The van der Waals surface area contributed by atoms with E-state index in [-0.39, 0.29) is 5.56 Å². The van der Waals surface area contributed by atoms with Crippen LogP contribution in [0.25, 0.3) is 0 Å². The minimum Gasteiger partial charge on any atom is -0.385 e. The number of nitriles is 1. The SMILES string of the molecule is CN1C2CCC1CC(O)(c1ccc(F)c(C#N)c1)C2. The number of hydrogen-bond acceptors (Lipinski definition) is 3. The molecule has 0 radical (unpaired) electrons. The van der Waals surface area contributed by atoms with Crippen LogP contribution in [-0.4, -0.2) is 29.1 Å². The molecule has 2 fully saturated rings. The van der Waals surface area contributed by atoms with E-state index in [1.54, 1.807) is 6.07 Å². The lowest BCUT2D eigenvalue weighted by Crippen LogP contribution is -2.47. The molecule has 4 heteroatoms. The molecule has 2 aliphatic rings. The van der Waals surface area contributed by atoms with Gasteiger partial charge in [0.05, 0.1) is 11.2 Å². The lowest BCUT2D eigenvalue weighted by atomic mass is 9.80. The summed E-state index contributed by atoms with van der Waals surface area (Å²) in [6.07, 6.45) is 3.54. The molecule has 2 aliphatic heterocycles. The maximum Gasteiger partial charge on any atom is 0.140 e. The van der Waals surface area contributed by atoms with Crippen molar-refractivity contribution < 1.29 is 9.50 Å². The van der Waals surface area contributed by atoms with E-state index in [9.17, 15) is 9.50 Å². The number of halogens is 1. The fourth-order valence-electron chi connectivity index (χ4n) is 3.58. The Balaban J connectivity index is 1.96. The standard InChI is InChI=1S/C15H17FN2O/c1-18-12-3-4-13(18)8-15(19,7-12)11-2-5-14(16)10(6-11)9-17/h2,5-6,12-13,19H,3-4,7-8H2,1H3. The van der Waals surface area contributed by atoms with Gasteiger partial charge in [-0.25, -0.2) is 4.39 Å². The number of aliphatic hydroxyl groups is 1. The first kappa shape index (κ1) is 12.6. The van der Waals surface area contributed by atoms with E-state index in [0.717, 1.165) is 12.8 Å². The topological polar surface area (TPSA) is 47.3 Å². The Kier molecular flexibility index (Phi) is 2.84. The van der Waals surface area contributed by atoms with Crippen molar-refractivity contribution >= 4 is 0 Å². The van der Waals surface area contributed by atoms with Gasteiger partial charge in [0, 0.05) is 12.1 Å². The Bertz CT molecular complexity index is 538. The molecule has 1 aromatic carbocycles. The van der Waals surface area contributed by atoms with Crippen molar-refractivity contribution in [3.63, 3.8) is 0 Å². The second-order valence-corrected chi connectivity index (χ2v) is 5.80. The molecule has 0 saturated carbocycles. The van der Waals surface area contributed by atoms with Crippen molar-refractivity contribution in [3.8, 4) is 6.07 Å². The van der Waals surface area contributed by atoms with Crippen LogP contribution in [0, 0.1) is 17.1 Å². The highest BCUT2D eigenvalue weighted by atomic mass is 19.1. The first-order valence-corrected chi connectivity index (χ1v) is 6.68. The van der Waals surface area contributed by atoms with Crippen molar-refractivity contribution in [2.45, 2.75) is 43.4 Å². The third-order valence-corrected chi connectivity index (χ3v) is 4.76. The maximum atomic E-state index is 13.4. The Labute approximate surface area is 112 Å². The molecule has 3 nitrogen and oxygen atoms in total. The minimum absolute atomic E-state index is 0.0113. The number of benzene rings is 1. The second kappa shape index (κ2) is 4.29. The summed E-state index contributed by atoms with van der Waals surface area (Å²) in [5, 5.41) is 19.8. The van der Waals surface area contributed by atoms with E-state index in [4.69, 9.17) is 5.26 Å². The average molecular weight is 260 g/mol. The molecule has 2 heterocycles. The van der Waals surface area contributed by atoms with E-state index < -0.39 is 11.4 Å². The second-order valence-electron chi connectivity index (χ2n) is 5.80. The molecule has 3 rings (SSSR count). The smallest absolute Gasteiger partial charge is 0.140 e. The Morgan fingerprint density at radius 2 is 2.00 bits per heavy atom. The third-order valence-electron chi connectivity index (χ3n) is 4.76. The molecule has 2 atom stereocenters. The number of fused-ring (bicyclic) bond motifs is 2. The summed E-state index contributed by atoms with van der Waals surface area (Å²) in [6, 6.07) is 7.01. The van der Waals surface area contributed by atoms with Crippen molar-refractivity contribution in [3.05, 3.63) is 35.1 Å². The van der Waals surface area contributed by atoms with Gasteiger partial charge < -0.3 is 10.0 Å². The molecule has 0 spiro atoms. The van der Waals surface area contributed by atoms with Gasteiger partial charge in [0.1, 0.15) is 11.9 Å². The first-order valence-electron chi connectivity index (χ1n) is 6.68. The molecule has 2 unspecified atom stereocenters. The predicted molar refractivity (Wildman–Crippen MR) is 68.8 cm³/mol. The van der Waals surface area contributed by atoms with Gasteiger partial charge in [0.2, 0.25) is 0 Å². The molecule has 2 saturated heterocycles. The minimum atomic E-state index is -0.919. The number of nitrogens with zero attached hydrogens (tertiary/aromatic N) is 2. The van der Waals surface area contributed by atoms with Gasteiger partial charge in [-0.3, -0.25) is 0 Å². The van der Waals surface area contributed by atoms with Gasteiger partial charge in [-0.05, 0) is 50.4 Å². The average Bonchev–Trinajstić information content (AvgIpc) is 2.63. The normalized spacial score (nSPS) is 34.2. The summed E-state index contributed by atoms with van der Waals surface area (Å²) >= 11 is 0. The van der Waals surface area contributed by atoms with Gasteiger partial charge in [-0.15, -0.1) is 0 Å². The molecule has 0 aliphatic carbocycles. The van der Waals surface area contributed by atoms with Crippen LogP contribution in [0.4, 0.5) is 4.39 Å². The summed E-state index contributed by atoms with van der Waals surface area (Å²) in [6.45, 7) is 0. The summed E-state index contributed by atoms with van der Waals surface area (Å²) in [5.74, 6) is -0.522. The number of hydrogen-bond donors (Lipinski definition) is 1. The Morgan fingerprint density at radius 1 is 1.37 bits per heavy atom. The zero-order valence-corrected chi connectivity index (χ0v) is 10.9. The van der Waals surface area contributed by atoms with Gasteiger partial charge in [0.25, 0.3) is 0 Å². The van der Waals surface area contributed by atoms with Crippen molar-refractivity contribution in [1.82, 2.24) is 4.90 Å². The maximum absolute atomic E-state index is 13.4. The molecular weight excluding hydrogens is 243 g/mol. The molecule has 0 amide bonds. The van der Waals surface area contributed by atoms with Crippen LogP contribution >= 0.6 is 0 Å². The lowest BCUT2D eigenvalue weighted by molar-refractivity contribution is -0.0493. The quantitative estimate of drug-likeness (QED) is 0.841. The highest BCUT2D eigenvalue weighted by molar-refractivity contribution is 5.37. The van der Waals surface area contributed by atoms with Crippen LogP contribution in [0.15, 0.2) is 18.2 Å². The summed E-state index contributed by atoms with van der Waals surface area (Å²) in [4.78, 5) is 2.34. The van der Waals surface area contributed by atoms with Gasteiger partial charge in [-0.2, -0.15) is 5.26 Å². The number of piperidine rings is 1. The van der Waals surface area contributed by atoms with Crippen molar-refractivity contribution in [2.24, 2.45) is 0 Å². The van der Waals surface area contributed by atoms with E-state index in [0.29, 0.717) is 30.5 Å². The highest BCUT2D eigenvalue weighted by Gasteiger charge is 2.46. The zero-order chi connectivity index (χ0) is 13.6. The lowest BCUT2D eigenvalue weighted by Gasteiger charge is -2.42. The Hall–Kier alpha value is -1.44. The van der Waals surface area contributed by atoms with Gasteiger partial charge >= 0.3 is 0 Å².